The zero-order chi connectivity index (χ0) is 33.7. The van der Waals surface area contributed by atoms with E-state index in [0.717, 1.165) is 77.6 Å². The van der Waals surface area contributed by atoms with E-state index >= 15 is 0 Å². The average Bonchev–Trinajstić information content (AvgIpc) is 3.81. The molecule has 0 amide bonds. The fraction of sp³-hybridized carbons (Fsp3) is 0. The minimum absolute atomic E-state index is 0.608. The van der Waals surface area contributed by atoms with E-state index in [9.17, 15) is 0 Å². The van der Waals surface area contributed by atoms with Gasteiger partial charge in [0, 0.05) is 38.8 Å². The van der Waals surface area contributed by atoms with Gasteiger partial charge in [-0.3, -0.25) is 0 Å². The molecule has 0 spiro atoms. The summed E-state index contributed by atoms with van der Waals surface area (Å²) in [4.78, 5) is 7.12. The molecule has 4 heteroatoms. The van der Waals surface area contributed by atoms with Gasteiger partial charge in [-0.2, -0.15) is 0 Å². The maximum absolute atomic E-state index is 6.64. The van der Waals surface area contributed by atoms with Gasteiger partial charge in [0.1, 0.15) is 16.7 Å². The minimum Gasteiger partial charge on any atom is -0.455 e. The molecule has 0 N–H and O–H groups in total. The third kappa shape index (κ3) is 5.04. The Morgan fingerprint density at radius 3 is 1.67 bits per heavy atom. The Labute approximate surface area is 294 Å². The summed E-state index contributed by atoms with van der Waals surface area (Å²) in [6.07, 6.45) is 0. The molecule has 8 aromatic carbocycles. The number of anilines is 3. The summed E-state index contributed by atoms with van der Waals surface area (Å²) in [6, 6.07) is 63.4. The fourth-order valence-electron chi connectivity index (χ4n) is 7.20. The van der Waals surface area contributed by atoms with E-state index < -0.39 is 0 Å². The van der Waals surface area contributed by atoms with Gasteiger partial charge < -0.3 is 13.7 Å². The predicted molar refractivity (Wildman–Crippen MR) is 210 cm³/mol. The SMILES string of the molecule is c1ccc(-c2ccc(N(c3ccccc3)c3ccc(-c4ccc5c(c4)oc4c6ccccc6c(-c6nc7ccccc7o6)cc54)cc3)cc2)cc1. The van der Waals surface area contributed by atoms with Crippen molar-refractivity contribution in [2.45, 2.75) is 0 Å². The number of aromatic nitrogens is 1. The van der Waals surface area contributed by atoms with Gasteiger partial charge in [0.05, 0.1) is 0 Å². The highest BCUT2D eigenvalue weighted by Crippen LogP contribution is 2.42. The predicted octanol–water partition coefficient (Wildman–Crippen LogP) is 13.4. The number of fused-ring (bicyclic) bond motifs is 6. The lowest BCUT2D eigenvalue weighted by Crippen LogP contribution is -2.09. The van der Waals surface area contributed by atoms with E-state index in [1.54, 1.807) is 0 Å². The summed E-state index contributed by atoms with van der Waals surface area (Å²) < 4.78 is 12.9. The molecule has 0 saturated heterocycles. The molecule has 4 nitrogen and oxygen atoms in total. The van der Waals surface area contributed by atoms with Gasteiger partial charge in [-0.25, -0.2) is 4.98 Å². The first-order chi connectivity index (χ1) is 25.3. The van der Waals surface area contributed by atoms with Crippen molar-refractivity contribution in [3.05, 3.63) is 182 Å². The van der Waals surface area contributed by atoms with Crippen LogP contribution in [0.1, 0.15) is 0 Å². The third-order valence-corrected chi connectivity index (χ3v) is 9.71. The molecule has 0 saturated carbocycles. The molecule has 0 fully saturated rings. The van der Waals surface area contributed by atoms with Crippen LogP contribution in [0.4, 0.5) is 17.1 Å². The minimum atomic E-state index is 0.608. The quantitative estimate of drug-likeness (QED) is 0.179. The second kappa shape index (κ2) is 11.9. The Morgan fingerprint density at radius 2 is 0.941 bits per heavy atom. The van der Waals surface area contributed by atoms with Gasteiger partial charge in [-0.1, -0.05) is 115 Å². The second-order valence-electron chi connectivity index (χ2n) is 12.8. The van der Waals surface area contributed by atoms with Crippen molar-refractivity contribution in [1.29, 1.82) is 0 Å². The highest BCUT2D eigenvalue weighted by Gasteiger charge is 2.19. The molecule has 0 aliphatic heterocycles. The summed E-state index contributed by atoms with van der Waals surface area (Å²) in [6.45, 7) is 0. The first-order valence-corrected chi connectivity index (χ1v) is 17.1. The van der Waals surface area contributed by atoms with E-state index in [1.807, 2.05) is 42.5 Å². The largest absolute Gasteiger partial charge is 0.455 e. The molecule has 0 bridgehead atoms. The monoisotopic (exact) mass is 654 g/mol. The Kier molecular flexibility index (Phi) is 6.78. The Bertz CT molecular complexity index is 2800. The summed E-state index contributed by atoms with van der Waals surface area (Å²) in [5.74, 6) is 0.608. The standard InChI is InChI=1S/C47H30N2O2/c1-3-11-31(12-4-1)32-19-24-36(25-20-32)49(35-13-5-2-6-14-35)37-26-21-33(22-27-37)34-23-28-39-41-30-42(47-48-43-17-9-10-18-44(43)51-47)38-15-7-8-16-40(38)46(41)50-45(39)29-34/h1-30H. The zero-order valence-corrected chi connectivity index (χ0v) is 27.5. The lowest BCUT2D eigenvalue weighted by Gasteiger charge is -2.26. The van der Waals surface area contributed by atoms with Gasteiger partial charge in [0.2, 0.25) is 5.89 Å². The number of oxazole rings is 1. The first kappa shape index (κ1) is 29.0. The number of benzene rings is 8. The van der Waals surface area contributed by atoms with Crippen LogP contribution < -0.4 is 4.90 Å². The smallest absolute Gasteiger partial charge is 0.227 e. The molecule has 2 heterocycles. The molecule has 0 unspecified atom stereocenters. The molecule has 10 aromatic rings. The summed E-state index contributed by atoms with van der Waals surface area (Å²) in [5, 5.41) is 4.18. The molecule has 51 heavy (non-hydrogen) atoms. The van der Waals surface area contributed by atoms with Crippen LogP contribution in [0.15, 0.2) is 191 Å². The average molecular weight is 655 g/mol. The number of furan rings is 1. The third-order valence-electron chi connectivity index (χ3n) is 9.71. The van der Waals surface area contributed by atoms with Gasteiger partial charge in [0.15, 0.2) is 5.58 Å². The van der Waals surface area contributed by atoms with Crippen molar-refractivity contribution in [2.75, 3.05) is 4.90 Å². The first-order valence-electron chi connectivity index (χ1n) is 17.1. The van der Waals surface area contributed by atoms with E-state index in [0.29, 0.717) is 5.89 Å². The van der Waals surface area contributed by atoms with E-state index in [-0.39, 0.29) is 0 Å². The van der Waals surface area contributed by atoms with Crippen LogP contribution in [0.3, 0.4) is 0 Å². The molecule has 0 aliphatic carbocycles. The number of nitrogens with zero attached hydrogens (tertiary/aromatic N) is 2. The van der Waals surface area contributed by atoms with Gasteiger partial charge in [-0.05, 0) is 94.4 Å². The maximum Gasteiger partial charge on any atom is 0.227 e. The van der Waals surface area contributed by atoms with Crippen molar-refractivity contribution in [1.82, 2.24) is 4.98 Å². The lowest BCUT2D eigenvalue weighted by molar-refractivity contribution is 0.620. The van der Waals surface area contributed by atoms with Crippen molar-refractivity contribution >= 4 is 60.9 Å². The number of rotatable bonds is 6. The number of hydrogen-bond acceptors (Lipinski definition) is 4. The van der Waals surface area contributed by atoms with Gasteiger partial charge >= 0.3 is 0 Å². The molecule has 2 aromatic heterocycles. The van der Waals surface area contributed by atoms with Crippen LogP contribution in [0.25, 0.3) is 77.5 Å². The fourth-order valence-corrected chi connectivity index (χ4v) is 7.20. The summed E-state index contributed by atoms with van der Waals surface area (Å²) in [5.41, 5.74) is 12.2. The van der Waals surface area contributed by atoms with Crippen molar-refractivity contribution < 1.29 is 8.83 Å². The van der Waals surface area contributed by atoms with Crippen LogP contribution in [0.5, 0.6) is 0 Å². The van der Waals surface area contributed by atoms with Crippen molar-refractivity contribution in [3.8, 4) is 33.7 Å². The van der Waals surface area contributed by atoms with Crippen LogP contribution in [-0.4, -0.2) is 4.98 Å². The van der Waals surface area contributed by atoms with Crippen LogP contribution in [-0.2, 0) is 0 Å². The Hall–Kier alpha value is -6.91. The molecular weight excluding hydrogens is 625 g/mol. The zero-order valence-electron chi connectivity index (χ0n) is 27.5. The lowest BCUT2D eigenvalue weighted by atomic mass is 9.99. The summed E-state index contributed by atoms with van der Waals surface area (Å²) in [7, 11) is 0. The van der Waals surface area contributed by atoms with Crippen LogP contribution >= 0.6 is 0 Å². The molecule has 0 aliphatic rings. The van der Waals surface area contributed by atoms with E-state index in [1.165, 1.54) is 11.1 Å². The second-order valence-corrected chi connectivity index (χ2v) is 12.8. The van der Waals surface area contributed by atoms with Gasteiger partial charge in [0.25, 0.3) is 0 Å². The van der Waals surface area contributed by atoms with Crippen molar-refractivity contribution in [2.24, 2.45) is 0 Å². The van der Waals surface area contributed by atoms with E-state index in [2.05, 4.69) is 144 Å². The molecule has 0 radical (unpaired) electrons. The molecule has 240 valence electrons. The number of hydrogen-bond donors (Lipinski definition) is 0. The van der Waals surface area contributed by atoms with Gasteiger partial charge in [-0.15, -0.1) is 0 Å². The Balaban J connectivity index is 1.03. The normalized spacial score (nSPS) is 11.5. The highest BCUT2D eigenvalue weighted by molar-refractivity contribution is 6.19. The topological polar surface area (TPSA) is 42.4 Å². The molecule has 10 rings (SSSR count). The highest BCUT2D eigenvalue weighted by atomic mass is 16.3. The maximum atomic E-state index is 6.64. The van der Waals surface area contributed by atoms with Crippen LogP contribution in [0.2, 0.25) is 0 Å². The molecular formula is C47H30N2O2. The van der Waals surface area contributed by atoms with Crippen LogP contribution in [0, 0.1) is 0 Å². The number of para-hydroxylation sites is 3. The summed E-state index contributed by atoms with van der Waals surface area (Å²) >= 11 is 0. The van der Waals surface area contributed by atoms with Crippen molar-refractivity contribution in [3.63, 3.8) is 0 Å². The van der Waals surface area contributed by atoms with E-state index in [4.69, 9.17) is 13.8 Å². The molecule has 0 atom stereocenters. The Morgan fingerprint density at radius 1 is 0.373 bits per heavy atom.